The van der Waals surface area contributed by atoms with E-state index in [1.807, 2.05) is 12.1 Å². The van der Waals surface area contributed by atoms with Gasteiger partial charge in [0.2, 0.25) is 0 Å². The first-order valence-corrected chi connectivity index (χ1v) is 4.25. The number of benzene rings is 1. The van der Waals surface area contributed by atoms with Crippen molar-refractivity contribution in [3.63, 3.8) is 0 Å². The van der Waals surface area contributed by atoms with Crippen molar-refractivity contribution in [2.45, 2.75) is 6.42 Å². The summed E-state index contributed by atoms with van der Waals surface area (Å²) in [5, 5.41) is 0. The number of hydrogen-bond acceptors (Lipinski definition) is 1. The van der Waals surface area contributed by atoms with Crippen LogP contribution in [0.1, 0.15) is 16.8 Å². The minimum atomic E-state index is -0.00926. The molecule has 0 bridgehead atoms. The van der Waals surface area contributed by atoms with Crippen LogP contribution in [0.4, 0.5) is 0 Å². The van der Waals surface area contributed by atoms with E-state index in [9.17, 15) is 4.79 Å². The van der Waals surface area contributed by atoms with Crippen molar-refractivity contribution in [2.24, 2.45) is 0 Å². The highest BCUT2D eigenvalue weighted by molar-refractivity contribution is 9.10. The van der Waals surface area contributed by atoms with Crippen molar-refractivity contribution in [2.75, 3.05) is 0 Å². The molecule has 0 aromatic heterocycles. The lowest BCUT2D eigenvalue weighted by Gasteiger charge is -1.95. The maximum absolute atomic E-state index is 11.2. The average Bonchev–Trinajstić information content (AvgIpc) is 2.06. The zero-order chi connectivity index (χ0) is 8.97. The summed E-state index contributed by atoms with van der Waals surface area (Å²) in [6.45, 7) is 0. The molecule has 0 atom stereocenters. The van der Waals surface area contributed by atoms with Gasteiger partial charge in [-0.15, -0.1) is 6.42 Å². The standard InChI is InChI=1S/C10H7BrO/c1-2-3-10(12)8-4-6-9(11)7-5-8/h1,4-7H,3H2. The Kier molecular flexibility index (Phi) is 3.07. The normalized spacial score (nSPS) is 9.00. The quantitative estimate of drug-likeness (QED) is 0.556. The zero-order valence-corrected chi connectivity index (χ0v) is 7.97. The first-order valence-electron chi connectivity index (χ1n) is 3.46. The van der Waals surface area contributed by atoms with Crippen molar-refractivity contribution in [3.8, 4) is 12.3 Å². The van der Waals surface area contributed by atoms with Crippen LogP contribution in [0, 0.1) is 12.3 Å². The monoisotopic (exact) mass is 222 g/mol. The van der Waals surface area contributed by atoms with E-state index in [1.54, 1.807) is 12.1 Å². The molecule has 60 valence electrons. The first kappa shape index (κ1) is 9.02. The summed E-state index contributed by atoms with van der Waals surface area (Å²) in [6.07, 6.45) is 5.18. The number of terminal acetylenes is 1. The molecule has 12 heavy (non-hydrogen) atoms. The molecule has 2 heteroatoms. The van der Waals surface area contributed by atoms with Crippen LogP contribution in [0.15, 0.2) is 28.7 Å². The van der Waals surface area contributed by atoms with E-state index < -0.39 is 0 Å². The Morgan fingerprint density at radius 2 is 2.00 bits per heavy atom. The van der Waals surface area contributed by atoms with Crippen LogP contribution in [-0.2, 0) is 0 Å². The summed E-state index contributed by atoms with van der Waals surface area (Å²) in [5.41, 5.74) is 0.663. The maximum Gasteiger partial charge on any atom is 0.174 e. The largest absolute Gasteiger partial charge is 0.293 e. The second kappa shape index (κ2) is 4.08. The Bertz CT molecular complexity index is 319. The molecule has 1 rings (SSSR count). The summed E-state index contributed by atoms with van der Waals surface area (Å²) in [4.78, 5) is 11.2. The lowest BCUT2D eigenvalue weighted by molar-refractivity contribution is 0.0998. The number of rotatable bonds is 2. The second-order valence-corrected chi connectivity index (χ2v) is 3.23. The van der Waals surface area contributed by atoms with Crippen molar-refractivity contribution in [1.82, 2.24) is 0 Å². The van der Waals surface area contributed by atoms with Gasteiger partial charge in [0.1, 0.15) is 0 Å². The number of ketones is 1. The Hall–Kier alpha value is -1.07. The van der Waals surface area contributed by atoms with Crippen molar-refractivity contribution in [3.05, 3.63) is 34.3 Å². The van der Waals surface area contributed by atoms with Gasteiger partial charge in [-0.05, 0) is 12.1 Å². The van der Waals surface area contributed by atoms with E-state index in [2.05, 4.69) is 21.9 Å². The van der Waals surface area contributed by atoms with E-state index in [0.29, 0.717) is 5.56 Å². The lowest BCUT2D eigenvalue weighted by atomic mass is 10.1. The van der Waals surface area contributed by atoms with E-state index in [0.717, 1.165) is 4.47 Å². The van der Waals surface area contributed by atoms with Crippen molar-refractivity contribution < 1.29 is 4.79 Å². The summed E-state index contributed by atoms with van der Waals surface area (Å²) in [7, 11) is 0. The first-order chi connectivity index (χ1) is 5.74. The predicted molar refractivity (Wildman–Crippen MR) is 51.9 cm³/mol. The number of Topliss-reactive ketones (excluding diaryl/α,β-unsaturated/α-hetero) is 1. The Labute approximate surface area is 79.9 Å². The lowest BCUT2D eigenvalue weighted by Crippen LogP contribution is -1.95. The smallest absolute Gasteiger partial charge is 0.174 e. The molecule has 0 fully saturated rings. The van der Waals surface area contributed by atoms with Gasteiger partial charge in [-0.3, -0.25) is 4.79 Å². The number of halogens is 1. The van der Waals surface area contributed by atoms with Crippen LogP contribution >= 0.6 is 15.9 Å². The Balaban J connectivity index is 2.84. The molecular formula is C10H7BrO. The van der Waals surface area contributed by atoms with Gasteiger partial charge in [0.25, 0.3) is 0 Å². The van der Waals surface area contributed by atoms with Gasteiger partial charge in [0.05, 0.1) is 6.42 Å². The molecule has 0 saturated heterocycles. The Morgan fingerprint density at radius 3 is 2.50 bits per heavy atom. The van der Waals surface area contributed by atoms with Crippen LogP contribution < -0.4 is 0 Å². The molecule has 1 aromatic carbocycles. The van der Waals surface area contributed by atoms with E-state index in [-0.39, 0.29) is 12.2 Å². The summed E-state index contributed by atoms with van der Waals surface area (Å²) in [6, 6.07) is 7.15. The molecule has 0 heterocycles. The predicted octanol–water partition coefficient (Wildman–Crippen LogP) is 2.66. The third kappa shape index (κ3) is 2.21. The van der Waals surface area contributed by atoms with E-state index in [4.69, 9.17) is 6.42 Å². The summed E-state index contributed by atoms with van der Waals surface area (Å²) >= 11 is 3.28. The van der Waals surface area contributed by atoms with Gasteiger partial charge >= 0.3 is 0 Å². The van der Waals surface area contributed by atoms with Crippen LogP contribution in [0.2, 0.25) is 0 Å². The highest BCUT2D eigenvalue weighted by Gasteiger charge is 2.01. The maximum atomic E-state index is 11.2. The number of carbonyl (C=O) groups is 1. The fourth-order valence-corrected chi connectivity index (χ4v) is 1.09. The molecular weight excluding hydrogens is 216 g/mol. The topological polar surface area (TPSA) is 17.1 Å². The molecule has 0 unspecified atom stereocenters. The summed E-state index contributed by atoms with van der Waals surface area (Å²) < 4.78 is 0.958. The average molecular weight is 223 g/mol. The summed E-state index contributed by atoms with van der Waals surface area (Å²) in [5.74, 6) is 2.31. The third-order valence-corrected chi connectivity index (χ3v) is 1.96. The molecule has 1 nitrogen and oxygen atoms in total. The second-order valence-electron chi connectivity index (χ2n) is 2.31. The van der Waals surface area contributed by atoms with Gasteiger partial charge in [0.15, 0.2) is 5.78 Å². The molecule has 0 aliphatic carbocycles. The minimum Gasteiger partial charge on any atom is -0.293 e. The fraction of sp³-hybridized carbons (Fsp3) is 0.100. The molecule has 0 saturated carbocycles. The van der Waals surface area contributed by atoms with Gasteiger partial charge in [-0.25, -0.2) is 0 Å². The molecule has 0 N–H and O–H groups in total. The highest BCUT2D eigenvalue weighted by atomic mass is 79.9. The van der Waals surface area contributed by atoms with E-state index >= 15 is 0 Å². The highest BCUT2D eigenvalue weighted by Crippen LogP contribution is 2.11. The fourth-order valence-electron chi connectivity index (χ4n) is 0.831. The van der Waals surface area contributed by atoms with Crippen LogP contribution in [0.3, 0.4) is 0 Å². The Morgan fingerprint density at radius 1 is 1.42 bits per heavy atom. The molecule has 0 amide bonds. The molecule has 0 aliphatic rings. The minimum absolute atomic E-state index is 0.00926. The molecule has 0 aliphatic heterocycles. The molecule has 1 aromatic rings. The van der Waals surface area contributed by atoms with Gasteiger partial charge in [-0.1, -0.05) is 34.0 Å². The van der Waals surface area contributed by atoms with Gasteiger partial charge < -0.3 is 0 Å². The molecule has 0 radical (unpaired) electrons. The van der Waals surface area contributed by atoms with Crippen LogP contribution in [-0.4, -0.2) is 5.78 Å². The van der Waals surface area contributed by atoms with Gasteiger partial charge in [0, 0.05) is 10.0 Å². The van der Waals surface area contributed by atoms with Crippen LogP contribution in [0.5, 0.6) is 0 Å². The molecule has 0 spiro atoms. The number of hydrogen-bond donors (Lipinski definition) is 0. The third-order valence-electron chi connectivity index (χ3n) is 1.43. The van der Waals surface area contributed by atoms with Gasteiger partial charge in [-0.2, -0.15) is 0 Å². The zero-order valence-electron chi connectivity index (χ0n) is 6.38. The number of carbonyl (C=O) groups excluding carboxylic acids is 1. The van der Waals surface area contributed by atoms with Crippen molar-refractivity contribution in [1.29, 1.82) is 0 Å². The van der Waals surface area contributed by atoms with Crippen LogP contribution in [0.25, 0.3) is 0 Å². The van der Waals surface area contributed by atoms with E-state index in [1.165, 1.54) is 0 Å². The SMILES string of the molecule is C#CCC(=O)c1ccc(Br)cc1. The van der Waals surface area contributed by atoms with Crippen molar-refractivity contribution >= 4 is 21.7 Å².